The molecule has 0 unspecified atom stereocenters. The fraction of sp³-hybridized carbons (Fsp3) is 0. The summed E-state index contributed by atoms with van der Waals surface area (Å²) < 4.78 is 7.89. The molecule has 2 aromatic heterocycles. The number of aromatic nitrogens is 3. The molecule has 0 aromatic carbocycles. The van der Waals surface area contributed by atoms with E-state index in [1.807, 2.05) is 18.2 Å². The van der Waals surface area contributed by atoms with Crippen LogP contribution in [0.25, 0.3) is 11.4 Å². The molecule has 5 heteroatoms. The molecule has 0 aliphatic carbocycles. The van der Waals surface area contributed by atoms with Gasteiger partial charge in [-0.05, 0) is 12.1 Å². The predicted molar refractivity (Wildman–Crippen MR) is 47.6 cm³/mol. The highest BCUT2D eigenvalue weighted by Crippen LogP contribution is 2.20. The maximum absolute atomic E-state index is 5.57. The molecule has 4 nitrogen and oxygen atoms in total. The van der Waals surface area contributed by atoms with Gasteiger partial charge >= 0.3 is 0 Å². The molecule has 2 aromatic rings. The van der Waals surface area contributed by atoms with Gasteiger partial charge in [-0.1, -0.05) is 6.07 Å². The molecule has 0 aliphatic rings. The van der Waals surface area contributed by atoms with Crippen LogP contribution in [0.15, 0.2) is 24.4 Å². The van der Waals surface area contributed by atoms with E-state index in [2.05, 4.69) is 13.7 Å². The summed E-state index contributed by atoms with van der Waals surface area (Å²) in [5.74, 6) is 0.443. The van der Waals surface area contributed by atoms with E-state index in [1.165, 1.54) is 0 Å². The number of pyridine rings is 1. The molecule has 0 bridgehead atoms. The average molecular weight is 178 g/mol. The highest BCUT2D eigenvalue weighted by atomic mass is 32.1. The van der Waals surface area contributed by atoms with Gasteiger partial charge in [0.15, 0.2) is 5.82 Å². The van der Waals surface area contributed by atoms with Gasteiger partial charge in [0.25, 0.3) is 0 Å². The van der Waals surface area contributed by atoms with Gasteiger partial charge in [0, 0.05) is 6.20 Å². The quantitative estimate of drug-likeness (QED) is 0.712. The van der Waals surface area contributed by atoms with Crippen LogP contribution in [0.2, 0.25) is 0 Å². The summed E-state index contributed by atoms with van der Waals surface area (Å²) in [6.07, 6.45) is 1.70. The van der Waals surface area contributed by atoms with Gasteiger partial charge in [0.05, 0.1) is 17.4 Å². The van der Waals surface area contributed by atoms with Crippen molar-refractivity contribution in [3.63, 3.8) is 0 Å². The minimum Gasteiger partial charge on any atom is -0.381 e. The number of nitrogens with zero attached hydrogens (tertiary/aromatic N) is 3. The smallest absolute Gasteiger partial charge is 0.167 e. The Balaban J connectivity index is 2.51. The van der Waals surface area contributed by atoms with E-state index >= 15 is 0 Å². The monoisotopic (exact) mass is 178 g/mol. The largest absolute Gasteiger partial charge is 0.381 e. The number of nitrogens with two attached hydrogens (primary N) is 1. The van der Waals surface area contributed by atoms with Gasteiger partial charge in [-0.15, -0.1) is 0 Å². The van der Waals surface area contributed by atoms with Crippen molar-refractivity contribution in [1.29, 1.82) is 0 Å². The molecule has 2 N–H and O–H groups in total. The minimum absolute atomic E-state index is 0.443. The lowest BCUT2D eigenvalue weighted by Crippen LogP contribution is -1.89. The van der Waals surface area contributed by atoms with E-state index in [0.29, 0.717) is 11.5 Å². The minimum atomic E-state index is 0.443. The van der Waals surface area contributed by atoms with Crippen LogP contribution in [-0.4, -0.2) is 13.7 Å². The summed E-state index contributed by atoms with van der Waals surface area (Å²) in [5, 5.41) is 0. The Morgan fingerprint density at radius 2 is 2.17 bits per heavy atom. The zero-order chi connectivity index (χ0) is 8.39. The zero-order valence-corrected chi connectivity index (χ0v) is 6.95. The zero-order valence-electron chi connectivity index (χ0n) is 6.14. The first-order valence-electron chi connectivity index (χ1n) is 3.37. The van der Waals surface area contributed by atoms with Crippen molar-refractivity contribution in [2.24, 2.45) is 0 Å². The molecule has 2 rings (SSSR count). The third-order valence-corrected chi connectivity index (χ3v) is 1.96. The Labute approximate surface area is 73.4 Å². The van der Waals surface area contributed by atoms with Gasteiger partial charge < -0.3 is 5.73 Å². The Morgan fingerprint density at radius 3 is 2.75 bits per heavy atom. The van der Waals surface area contributed by atoms with Crippen molar-refractivity contribution in [3.05, 3.63) is 24.4 Å². The van der Waals surface area contributed by atoms with Crippen molar-refractivity contribution >= 4 is 17.5 Å². The van der Waals surface area contributed by atoms with Crippen molar-refractivity contribution in [2.45, 2.75) is 0 Å². The first-order valence-corrected chi connectivity index (χ1v) is 4.10. The van der Waals surface area contributed by atoms with Crippen LogP contribution >= 0.6 is 11.7 Å². The number of anilines is 1. The number of hydrogen-bond acceptors (Lipinski definition) is 5. The molecule has 60 valence electrons. The van der Waals surface area contributed by atoms with Gasteiger partial charge in [-0.3, -0.25) is 4.98 Å². The van der Waals surface area contributed by atoms with Gasteiger partial charge in [0.1, 0.15) is 5.69 Å². The summed E-state index contributed by atoms with van der Waals surface area (Å²) >= 11 is 1.10. The number of nitrogen functional groups attached to an aromatic ring is 1. The predicted octanol–water partition coefficient (Wildman–Crippen LogP) is 1.18. The second-order valence-corrected chi connectivity index (χ2v) is 2.74. The first kappa shape index (κ1) is 7.17. The van der Waals surface area contributed by atoms with E-state index in [9.17, 15) is 0 Å². The molecule has 0 spiro atoms. The third kappa shape index (κ3) is 1.14. The highest BCUT2D eigenvalue weighted by molar-refractivity contribution is 6.99. The number of hydrogen-bond donors (Lipinski definition) is 1. The molecule has 0 saturated heterocycles. The van der Waals surface area contributed by atoms with E-state index in [0.717, 1.165) is 17.4 Å². The van der Waals surface area contributed by atoms with Crippen LogP contribution in [0.5, 0.6) is 0 Å². The molecule has 0 fully saturated rings. The number of rotatable bonds is 1. The molecule has 0 radical (unpaired) electrons. The summed E-state index contributed by atoms with van der Waals surface area (Å²) in [4.78, 5) is 4.11. The van der Waals surface area contributed by atoms with Crippen LogP contribution < -0.4 is 5.73 Å². The Morgan fingerprint density at radius 1 is 1.25 bits per heavy atom. The molecule has 0 saturated carbocycles. The normalized spacial score (nSPS) is 10.0. The Hall–Kier alpha value is -1.49. The first-order chi connectivity index (χ1) is 5.88. The standard InChI is InChI=1S/C7H6N4S/c8-7-6(10-12-11-7)5-3-1-2-4-9-5/h1-4H,(H2,8,11). The third-order valence-electron chi connectivity index (χ3n) is 1.42. The van der Waals surface area contributed by atoms with Crippen LogP contribution in [-0.2, 0) is 0 Å². The lowest BCUT2D eigenvalue weighted by atomic mass is 10.3. The van der Waals surface area contributed by atoms with Crippen molar-refractivity contribution in [3.8, 4) is 11.4 Å². The Kier molecular flexibility index (Phi) is 1.71. The summed E-state index contributed by atoms with van der Waals surface area (Å²) in [7, 11) is 0. The molecule has 0 amide bonds. The van der Waals surface area contributed by atoms with Gasteiger partial charge in [-0.2, -0.15) is 8.75 Å². The molecule has 0 atom stereocenters. The average Bonchev–Trinajstić information content (AvgIpc) is 2.53. The molecule has 12 heavy (non-hydrogen) atoms. The van der Waals surface area contributed by atoms with E-state index in [4.69, 9.17) is 5.73 Å². The van der Waals surface area contributed by atoms with Gasteiger partial charge in [-0.25, -0.2) is 0 Å². The maximum Gasteiger partial charge on any atom is 0.167 e. The van der Waals surface area contributed by atoms with Crippen LogP contribution in [0.1, 0.15) is 0 Å². The second-order valence-electron chi connectivity index (χ2n) is 2.21. The summed E-state index contributed by atoms with van der Waals surface area (Å²) in [5.41, 5.74) is 7.00. The lowest BCUT2D eigenvalue weighted by Gasteiger charge is -1.93. The topological polar surface area (TPSA) is 64.7 Å². The van der Waals surface area contributed by atoms with Crippen LogP contribution in [0.4, 0.5) is 5.82 Å². The van der Waals surface area contributed by atoms with E-state index in [1.54, 1.807) is 6.20 Å². The summed E-state index contributed by atoms with van der Waals surface area (Å²) in [6.45, 7) is 0. The molecular weight excluding hydrogens is 172 g/mol. The van der Waals surface area contributed by atoms with Crippen molar-refractivity contribution in [2.75, 3.05) is 5.73 Å². The van der Waals surface area contributed by atoms with Crippen LogP contribution in [0, 0.1) is 0 Å². The fourth-order valence-electron chi connectivity index (χ4n) is 0.876. The van der Waals surface area contributed by atoms with Crippen LogP contribution in [0.3, 0.4) is 0 Å². The fourth-order valence-corrected chi connectivity index (χ4v) is 1.36. The van der Waals surface area contributed by atoms with Crippen molar-refractivity contribution < 1.29 is 0 Å². The van der Waals surface area contributed by atoms with E-state index < -0.39 is 0 Å². The SMILES string of the molecule is Nc1nsnc1-c1ccccn1. The van der Waals surface area contributed by atoms with Gasteiger partial charge in [0.2, 0.25) is 0 Å². The van der Waals surface area contributed by atoms with Crippen molar-refractivity contribution in [1.82, 2.24) is 13.7 Å². The lowest BCUT2D eigenvalue weighted by molar-refractivity contribution is 1.30. The molecule has 0 aliphatic heterocycles. The maximum atomic E-state index is 5.57. The molecule has 2 heterocycles. The Bertz CT molecular complexity index is 370. The van der Waals surface area contributed by atoms with E-state index in [-0.39, 0.29) is 0 Å². The molecular formula is C7H6N4S. The highest BCUT2D eigenvalue weighted by Gasteiger charge is 2.06. The summed E-state index contributed by atoms with van der Waals surface area (Å²) in [6, 6.07) is 5.59. The second kappa shape index (κ2) is 2.86.